The van der Waals surface area contributed by atoms with Gasteiger partial charge < -0.3 is 4.74 Å². The summed E-state index contributed by atoms with van der Waals surface area (Å²) < 4.78 is 40.2. The van der Waals surface area contributed by atoms with E-state index in [1.807, 2.05) is 0 Å². The summed E-state index contributed by atoms with van der Waals surface area (Å²) in [7, 11) is 0. The molecular formula is C13H20Cl3F3O2. The van der Waals surface area contributed by atoms with Crippen LogP contribution in [0.15, 0.2) is 0 Å². The summed E-state index contributed by atoms with van der Waals surface area (Å²) in [6, 6.07) is 0. The minimum absolute atomic E-state index is 0.190. The van der Waals surface area contributed by atoms with Crippen molar-refractivity contribution in [3.05, 3.63) is 0 Å². The van der Waals surface area contributed by atoms with Gasteiger partial charge in [0.2, 0.25) is 4.33 Å². The summed E-state index contributed by atoms with van der Waals surface area (Å²) in [6.45, 7) is 6.80. The van der Waals surface area contributed by atoms with Gasteiger partial charge in [0.05, 0.1) is 12.5 Å². The number of hydrogen-bond acceptors (Lipinski definition) is 2. The molecule has 0 spiro atoms. The first-order valence-corrected chi connectivity index (χ1v) is 7.75. The third-order valence-corrected chi connectivity index (χ3v) is 4.99. The van der Waals surface area contributed by atoms with E-state index in [1.54, 1.807) is 27.7 Å². The molecule has 0 fully saturated rings. The highest BCUT2D eigenvalue weighted by atomic mass is 35.5. The molecule has 126 valence electrons. The van der Waals surface area contributed by atoms with Crippen LogP contribution in [0.1, 0.15) is 40.5 Å². The SMILES string of the molecule is CCOC(=O)C(CC)C(C)(C)C(Cl)CC(Cl)(Cl)C(F)(F)F. The minimum atomic E-state index is -4.80. The molecule has 0 amide bonds. The van der Waals surface area contributed by atoms with Gasteiger partial charge in [-0.25, -0.2) is 0 Å². The fourth-order valence-corrected chi connectivity index (χ4v) is 2.91. The normalized spacial score (nSPS) is 16.5. The number of ether oxygens (including phenoxy) is 1. The third-order valence-electron chi connectivity index (χ3n) is 3.54. The molecule has 0 radical (unpaired) electrons. The molecule has 0 saturated carbocycles. The van der Waals surface area contributed by atoms with E-state index in [4.69, 9.17) is 39.5 Å². The van der Waals surface area contributed by atoms with Crippen molar-refractivity contribution in [3.63, 3.8) is 0 Å². The molecule has 8 heteroatoms. The maximum atomic E-state index is 12.7. The van der Waals surface area contributed by atoms with Gasteiger partial charge in [-0.2, -0.15) is 13.2 Å². The molecule has 21 heavy (non-hydrogen) atoms. The molecular weight excluding hydrogens is 351 g/mol. The molecule has 0 heterocycles. The van der Waals surface area contributed by atoms with Gasteiger partial charge in [-0.15, -0.1) is 11.6 Å². The maximum Gasteiger partial charge on any atom is 0.421 e. The Kier molecular flexibility index (Phi) is 7.65. The number of esters is 1. The molecule has 0 aliphatic carbocycles. The second-order valence-corrected chi connectivity index (χ2v) is 7.42. The van der Waals surface area contributed by atoms with E-state index in [-0.39, 0.29) is 6.61 Å². The fraction of sp³-hybridized carbons (Fsp3) is 0.923. The van der Waals surface area contributed by atoms with Crippen molar-refractivity contribution < 1.29 is 22.7 Å². The average molecular weight is 372 g/mol. The van der Waals surface area contributed by atoms with Crippen LogP contribution in [-0.4, -0.2) is 28.5 Å². The van der Waals surface area contributed by atoms with Crippen molar-refractivity contribution in [2.45, 2.75) is 56.4 Å². The van der Waals surface area contributed by atoms with E-state index < -0.39 is 39.6 Å². The smallest absolute Gasteiger partial charge is 0.421 e. The third kappa shape index (κ3) is 5.36. The number of hydrogen-bond donors (Lipinski definition) is 0. The Bertz CT molecular complexity index is 357. The highest BCUT2D eigenvalue weighted by Crippen LogP contribution is 2.48. The zero-order chi connectivity index (χ0) is 17.1. The molecule has 0 saturated heterocycles. The summed E-state index contributed by atoms with van der Waals surface area (Å²) in [5.74, 6) is -1.13. The van der Waals surface area contributed by atoms with Gasteiger partial charge in [-0.05, 0) is 18.8 Å². The molecule has 0 aliphatic heterocycles. The highest BCUT2D eigenvalue weighted by Gasteiger charge is 2.55. The molecule has 2 unspecified atom stereocenters. The van der Waals surface area contributed by atoms with Crippen LogP contribution >= 0.6 is 34.8 Å². The van der Waals surface area contributed by atoms with Crippen molar-refractivity contribution in [2.75, 3.05) is 6.61 Å². The van der Waals surface area contributed by atoms with Crippen molar-refractivity contribution in [1.29, 1.82) is 0 Å². The van der Waals surface area contributed by atoms with Gasteiger partial charge >= 0.3 is 12.1 Å². The van der Waals surface area contributed by atoms with E-state index in [1.165, 1.54) is 0 Å². The molecule has 0 bridgehead atoms. The lowest BCUT2D eigenvalue weighted by atomic mass is 9.73. The van der Waals surface area contributed by atoms with Gasteiger partial charge in [0.15, 0.2) is 0 Å². The molecule has 0 N–H and O–H groups in total. The van der Waals surface area contributed by atoms with Crippen LogP contribution in [0.2, 0.25) is 0 Å². The second-order valence-electron chi connectivity index (χ2n) is 5.41. The fourth-order valence-electron chi connectivity index (χ4n) is 2.06. The van der Waals surface area contributed by atoms with Gasteiger partial charge in [-0.3, -0.25) is 4.79 Å². The number of halogens is 6. The van der Waals surface area contributed by atoms with Crippen LogP contribution in [-0.2, 0) is 9.53 Å². The van der Waals surface area contributed by atoms with Crippen molar-refractivity contribution >= 4 is 40.8 Å². The lowest BCUT2D eigenvalue weighted by Crippen LogP contribution is -2.44. The second kappa shape index (κ2) is 7.60. The number of alkyl halides is 6. The van der Waals surface area contributed by atoms with Crippen LogP contribution in [0.25, 0.3) is 0 Å². The lowest BCUT2D eigenvalue weighted by molar-refractivity contribution is -0.153. The first-order chi connectivity index (χ1) is 9.31. The minimum Gasteiger partial charge on any atom is -0.466 e. The van der Waals surface area contributed by atoms with Crippen LogP contribution in [0, 0.1) is 11.3 Å². The molecule has 0 aromatic rings. The summed E-state index contributed by atoms with van der Waals surface area (Å²) in [4.78, 5) is 11.9. The highest BCUT2D eigenvalue weighted by molar-refractivity contribution is 6.49. The van der Waals surface area contributed by atoms with E-state index in [0.717, 1.165) is 0 Å². The summed E-state index contributed by atoms with van der Waals surface area (Å²) in [6.07, 6.45) is -5.13. The molecule has 0 aromatic carbocycles. The van der Waals surface area contributed by atoms with Gasteiger partial charge in [-0.1, -0.05) is 44.0 Å². The monoisotopic (exact) mass is 370 g/mol. The Hall–Kier alpha value is 0.130. The van der Waals surface area contributed by atoms with Gasteiger partial charge in [0, 0.05) is 11.8 Å². The number of carbonyl (C=O) groups is 1. The van der Waals surface area contributed by atoms with E-state index in [9.17, 15) is 18.0 Å². The van der Waals surface area contributed by atoms with Gasteiger partial charge in [0.1, 0.15) is 0 Å². The van der Waals surface area contributed by atoms with E-state index in [0.29, 0.717) is 6.42 Å². The first-order valence-electron chi connectivity index (χ1n) is 6.56. The Morgan fingerprint density at radius 2 is 1.67 bits per heavy atom. The standard InChI is InChI=1S/C13H20Cl3F3O2/c1-5-8(10(20)21-6-2)11(3,4)9(14)7-12(15,16)13(17,18)19/h8-9H,5-7H2,1-4H3. The van der Waals surface area contributed by atoms with Crippen LogP contribution in [0.3, 0.4) is 0 Å². The molecule has 2 nitrogen and oxygen atoms in total. The van der Waals surface area contributed by atoms with E-state index in [2.05, 4.69) is 0 Å². The Morgan fingerprint density at radius 3 is 2.00 bits per heavy atom. The van der Waals surface area contributed by atoms with Crippen molar-refractivity contribution in [1.82, 2.24) is 0 Å². The molecule has 0 aromatic heterocycles. The number of carbonyl (C=O) groups excluding carboxylic acids is 1. The Labute approximate surface area is 138 Å². The largest absolute Gasteiger partial charge is 0.466 e. The quantitative estimate of drug-likeness (QED) is 0.446. The Morgan fingerprint density at radius 1 is 1.19 bits per heavy atom. The summed E-state index contributed by atoms with van der Waals surface area (Å²) in [5.41, 5.74) is -0.956. The van der Waals surface area contributed by atoms with E-state index >= 15 is 0 Å². The lowest BCUT2D eigenvalue weighted by Gasteiger charge is -2.38. The summed E-state index contributed by atoms with van der Waals surface area (Å²) >= 11 is 16.8. The molecule has 0 aliphatic rings. The maximum absolute atomic E-state index is 12.7. The predicted molar refractivity (Wildman–Crippen MR) is 78.9 cm³/mol. The molecule has 2 atom stereocenters. The predicted octanol–water partition coefficient (Wildman–Crippen LogP) is 5.34. The number of rotatable bonds is 7. The van der Waals surface area contributed by atoms with Gasteiger partial charge in [0.25, 0.3) is 0 Å². The Balaban J connectivity index is 5.17. The zero-order valence-corrected chi connectivity index (χ0v) is 14.6. The first kappa shape index (κ1) is 21.1. The van der Waals surface area contributed by atoms with Crippen molar-refractivity contribution in [3.8, 4) is 0 Å². The van der Waals surface area contributed by atoms with Crippen LogP contribution in [0.5, 0.6) is 0 Å². The van der Waals surface area contributed by atoms with Crippen LogP contribution < -0.4 is 0 Å². The topological polar surface area (TPSA) is 26.3 Å². The average Bonchev–Trinajstić information content (AvgIpc) is 2.27. The summed E-state index contributed by atoms with van der Waals surface area (Å²) in [5, 5.41) is -1.05. The van der Waals surface area contributed by atoms with Crippen LogP contribution in [0.4, 0.5) is 13.2 Å². The zero-order valence-electron chi connectivity index (χ0n) is 12.4. The van der Waals surface area contributed by atoms with Crippen molar-refractivity contribution in [2.24, 2.45) is 11.3 Å². The molecule has 0 rings (SSSR count).